The molecule has 1 aliphatic rings. The fourth-order valence-electron chi connectivity index (χ4n) is 3.71. The number of nitrogens with zero attached hydrogens (tertiary/aromatic N) is 4. The van der Waals surface area contributed by atoms with Gasteiger partial charge in [0.05, 0.1) is 11.6 Å². The standard InChI is InChI=1S/C25H18N4O3S2/c30-21(17-10-5-2-6-11-17)19-20(18-12-7-13-26-14-18)29(23(32)22(19)31)24-27-28-25(34-24)33-15-16-8-3-1-4-9-16/h1-14,20,30H,15H2/t20-/m0/s1. The van der Waals surface area contributed by atoms with Gasteiger partial charge in [-0.3, -0.25) is 19.5 Å². The molecule has 1 N–H and O–H groups in total. The number of anilines is 1. The number of hydrogen-bond acceptors (Lipinski definition) is 8. The van der Waals surface area contributed by atoms with Gasteiger partial charge >= 0.3 is 5.91 Å². The topological polar surface area (TPSA) is 96.3 Å². The summed E-state index contributed by atoms with van der Waals surface area (Å²) in [6.45, 7) is 0. The van der Waals surface area contributed by atoms with Crippen LogP contribution in [0.4, 0.5) is 5.13 Å². The fourth-order valence-corrected chi connectivity index (χ4v) is 5.54. The number of aliphatic hydroxyl groups excluding tert-OH is 1. The maximum Gasteiger partial charge on any atom is 0.301 e. The Morgan fingerprint density at radius 3 is 2.41 bits per heavy atom. The Morgan fingerprint density at radius 1 is 0.971 bits per heavy atom. The Balaban J connectivity index is 1.53. The number of carbonyl (C=O) groups excluding carboxylic acids is 2. The lowest BCUT2D eigenvalue weighted by Gasteiger charge is -2.22. The second-order valence-corrected chi connectivity index (χ2v) is 9.62. The van der Waals surface area contributed by atoms with Crippen molar-refractivity contribution in [2.75, 3.05) is 4.90 Å². The predicted octanol–water partition coefficient (Wildman–Crippen LogP) is 4.85. The van der Waals surface area contributed by atoms with E-state index >= 15 is 0 Å². The third kappa shape index (κ3) is 4.23. The molecule has 0 unspecified atom stereocenters. The molecule has 1 amide bonds. The first-order chi connectivity index (χ1) is 16.6. The van der Waals surface area contributed by atoms with Gasteiger partial charge in [-0.25, -0.2) is 0 Å². The molecule has 4 aromatic rings. The Hall–Kier alpha value is -3.82. The molecule has 0 saturated carbocycles. The highest BCUT2D eigenvalue weighted by Crippen LogP contribution is 2.43. The van der Waals surface area contributed by atoms with Crippen LogP contribution in [0.25, 0.3) is 5.76 Å². The summed E-state index contributed by atoms with van der Waals surface area (Å²) < 4.78 is 0.675. The highest BCUT2D eigenvalue weighted by atomic mass is 32.2. The van der Waals surface area contributed by atoms with Crippen LogP contribution in [0.2, 0.25) is 0 Å². The van der Waals surface area contributed by atoms with Crippen molar-refractivity contribution >= 4 is 45.7 Å². The molecule has 1 atom stereocenters. The van der Waals surface area contributed by atoms with E-state index in [1.807, 2.05) is 36.4 Å². The number of rotatable bonds is 6. The second kappa shape index (κ2) is 9.58. The van der Waals surface area contributed by atoms with E-state index in [1.54, 1.807) is 48.8 Å². The zero-order valence-corrected chi connectivity index (χ0v) is 19.4. The van der Waals surface area contributed by atoms with Gasteiger partial charge in [-0.15, -0.1) is 10.2 Å². The third-order valence-corrected chi connectivity index (χ3v) is 7.43. The SMILES string of the molecule is O=C1C(=O)N(c2nnc(SCc3ccccc3)s2)[C@@H](c2cccnc2)C1=C(O)c1ccccc1. The van der Waals surface area contributed by atoms with Crippen LogP contribution in [0.5, 0.6) is 0 Å². The lowest BCUT2D eigenvalue weighted by Crippen LogP contribution is -2.29. The Kier molecular flexibility index (Phi) is 6.20. The van der Waals surface area contributed by atoms with Gasteiger partial charge < -0.3 is 5.11 Å². The summed E-state index contributed by atoms with van der Waals surface area (Å²) in [5.41, 5.74) is 2.18. The van der Waals surface area contributed by atoms with E-state index in [1.165, 1.54) is 28.0 Å². The molecule has 2 aromatic carbocycles. The maximum absolute atomic E-state index is 13.2. The molecular weight excluding hydrogens is 468 g/mol. The number of benzene rings is 2. The van der Waals surface area contributed by atoms with E-state index in [2.05, 4.69) is 15.2 Å². The summed E-state index contributed by atoms with van der Waals surface area (Å²) in [5.74, 6) is -1.07. The van der Waals surface area contributed by atoms with Gasteiger partial charge in [0.15, 0.2) is 4.34 Å². The van der Waals surface area contributed by atoms with Crippen LogP contribution >= 0.6 is 23.1 Å². The highest BCUT2D eigenvalue weighted by Gasteiger charge is 2.48. The van der Waals surface area contributed by atoms with Gasteiger partial charge in [-0.2, -0.15) is 0 Å². The van der Waals surface area contributed by atoms with Crippen LogP contribution in [0.15, 0.2) is 95.1 Å². The van der Waals surface area contributed by atoms with Crippen molar-refractivity contribution in [3.05, 3.63) is 107 Å². The molecule has 34 heavy (non-hydrogen) atoms. The van der Waals surface area contributed by atoms with Gasteiger partial charge in [-0.05, 0) is 17.2 Å². The summed E-state index contributed by atoms with van der Waals surface area (Å²) >= 11 is 2.74. The molecule has 3 heterocycles. The molecular formula is C25H18N4O3S2. The van der Waals surface area contributed by atoms with Gasteiger partial charge in [0.2, 0.25) is 5.13 Å². The van der Waals surface area contributed by atoms with E-state index in [9.17, 15) is 14.7 Å². The third-order valence-electron chi connectivity index (χ3n) is 5.30. The van der Waals surface area contributed by atoms with Crippen LogP contribution in [-0.4, -0.2) is 32.0 Å². The minimum Gasteiger partial charge on any atom is -0.507 e. The monoisotopic (exact) mass is 486 g/mol. The van der Waals surface area contributed by atoms with Crippen LogP contribution < -0.4 is 4.90 Å². The number of amides is 1. The molecule has 0 spiro atoms. The van der Waals surface area contributed by atoms with Crippen molar-refractivity contribution in [3.63, 3.8) is 0 Å². The van der Waals surface area contributed by atoms with Crippen LogP contribution in [0.1, 0.15) is 22.7 Å². The van der Waals surface area contributed by atoms with Gasteiger partial charge in [0.25, 0.3) is 5.78 Å². The van der Waals surface area contributed by atoms with Crippen molar-refractivity contribution in [2.24, 2.45) is 0 Å². The largest absolute Gasteiger partial charge is 0.507 e. The second-order valence-electron chi connectivity index (χ2n) is 7.45. The molecule has 1 saturated heterocycles. The molecule has 9 heteroatoms. The summed E-state index contributed by atoms with van der Waals surface area (Å²) in [4.78, 5) is 31.7. The maximum atomic E-state index is 13.2. The summed E-state index contributed by atoms with van der Waals surface area (Å²) in [5, 5.41) is 19.8. The number of pyridine rings is 1. The molecule has 0 bridgehead atoms. The van der Waals surface area contributed by atoms with E-state index in [0.717, 1.165) is 5.56 Å². The minimum absolute atomic E-state index is 0.00195. The van der Waals surface area contributed by atoms with Crippen LogP contribution in [0.3, 0.4) is 0 Å². The van der Waals surface area contributed by atoms with E-state index in [4.69, 9.17) is 0 Å². The van der Waals surface area contributed by atoms with Gasteiger partial charge in [0, 0.05) is 23.7 Å². The molecule has 7 nitrogen and oxygen atoms in total. The van der Waals surface area contributed by atoms with Gasteiger partial charge in [-0.1, -0.05) is 89.8 Å². The number of Topliss-reactive ketones (excluding diaryl/α,β-unsaturated/α-hetero) is 1. The molecule has 2 aromatic heterocycles. The summed E-state index contributed by atoms with van der Waals surface area (Å²) in [7, 11) is 0. The van der Waals surface area contributed by atoms with Crippen LogP contribution in [-0.2, 0) is 15.3 Å². The van der Waals surface area contributed by atoms with Crippen molar-refractivity contribution in [3.8, 4) is 0 Å². The number of aliphatic hydroxyl groups is 1. The number of carbonyl (C=O) groups is 2. The number of ketones is 1. The Morgan fingerprint density at radius 2 is 1.71 bits per heavy atom. The zero-order chi connectivity index (χ0) is 23.5. The first-order valence-corrected chi connectivity index (χ1v) is 12.2. The smallest absolute Gasteiger partial charge is 0.301 e. The molecule has 5 rings (SSSR count). The lowest BCUT2D eigenvalue weighted by molar-refractivity contribution is -0.132. The van der Waals surface area contributed by atoms with Gasteiger partial charge in [0.1, 0.15) is 5.76 Å². The van der Waals surface area contributed by atoms with E-state index in [-0.39, 0.29) is 11.3 Å². The fraction of sp³-hybridized carbons (Fsp3) is 0.0800. The normalized spacial score (nSPS) is 17.3. The highest BCUT2D eigenvalue weighted by molar-refractivity contribution is 8.00. The average Bonchev–Trinajstić information content (AvgIpc) is 3.46. The average molecular weight is 487 g/mol. The zero-order valence-electron chi connectivity index (χ0n) is 17.7. The Bertz CT molecular complexity index is 1360. The molecule has 168 valence electrons. The van der Waals surface area contributed by atoms with E-state index < -0.39 is 17.7 Å². The summed E-state index contributed by atoms with van der Waals surface area (Å²) in [6.07, 6.45) is 3.18. The van der Waals surface area contributed by atoms with Crippen LogP contribution in [0, 0.1) is 0 Å². The molecule has 1 fully saturated rings. The Labute approximate surface area is 203 Å². The quantitative estimate of drug-likeness (QED) is 0.137. The van der Waals surface area contributed by atoms with Crippen molar-refractivity contribution in [1.82, 2.24) is 15.2 Å². The first kappa shape index (κ1) is 22.0. The molecule has 1 aliphatic heterocycles. The first-order valence-electron chi connectivity index (χ1n) is 10.4. The number of aromatic nitrogens is 3. The van der Waals surface area contributed by atoms with Crippen molar-refractivity contribution in [1.29, 1.82) is 0 Å². The van der Waals surface area contributed by atoms with Crippen molar-refractivity contribution in [2.45, 2.75) is 16.1 Å². The number of hydrogen-bond donors (Lipinski definition) is 1. The van der Waals surface area contributed by atoms with E-state index in [0.29, 0.717) is 26.4 Å². The predicted molar refractivity (Wildman–Crippen MR) is 131 cm³/mol. The number of thioether (sulfide) groups is 1. The van der Waals surface area contributed by atoms with Crippen molar-refractivity contribution < 1.29 is 14.7 Å². The molecule has 0 aliphatic carbocycles. The lowest BCUT2D eigenvalue weighted by atomic mass is 9.96. The minimum atomic E-state index is -0.867. The molecule has 0 radical (unpaired) electrons. The summed E-state index contributed by atoms with van der Waals surface area (Å²) in [6, 6.07) is 21.3.